The zero-order valence-corrected chi connectivity index (χ0v) is 17.3. The molecule has 0 fully saturated rings. The molecule has 134 valence electrons. The topological polar surface area (TPSA) is 38.7 Å². The minimum Gasteiger partial charge on any atom is -0.387 e. The van der Waals surface area contributed by atoms with Crippen molar-refractivity contribution in [1.82, 2.24) is 0 Å². The third kappa shape index (κ3) is 4.69. The van der Waals surface area contributed by atoms with Crippen molar-refractivity contribution in [3.05, 3.63) is 0 Å². The predicted octanol–water partition coefficient (Wildman–Crippen LogP) is 4.95. The average molecular weight is 317 g/mol. The van der Waals surface area contributed by atoms with E-state index in [1.807, 2.05) is 27.7 Å². The first-order valence-corrected chi connectivity index (χ1v) is 8.29. The van der Waals surface area contributed by atoms with Crippen LogP contribution in [0.15, 0.2) is 0 Å². The van der Waals surface area contributed by atoms with Gasteiger partial charge in [0.05, 0.1) is 28.0 Å². The van der Waals surface area contributed by atoms with Crippen LogP contribution in [0.2, 0.25) is 0 Å². The molecule has 1 N–H and O–H groups in total. The average Bonchev–Trinajstić information content (AvgIpc) is 2.09. The molecule has 0 saturated carbocycles. The second-order valence-corrected chi connectivity index (χ2v) is 10.1. The smallest absolute Gasteiger partial charge is 0.0918 e. The first-order valence-electron chi connectivity index (χ1n) is 8.29. The molecule has 0 unspecified atom stereocenters. The van der Waals surface area contributed by atoms with Gasteiger partial charge in [0, 0.05) is 0 Å². The van der Waals surface area contributed by atoms with Gasteiger partial charge in [-0.05, 0) is 74.7 Å². The Labute approximate surface area is 138 Å². The number of rotatable bonds is 6. The summed E-state index contributed by atoms with van der Waals surface area (Å²) in [4.78, 5) is 0. The van der Waals surface area contributed by atoms with Crippen molar-refractivity contribution in [2.75, 3.05) is 0 Å². The Hall–Kier alpha value is -0.120. The van der Waals surface area contributed by atoms with E-state index in [1.165, 1.54) is 0 Å². The van der Waals surface area contributed by atoms with Crippen molar-refractivity contribution in [2.45, 2.75) is 118 Å². The lowest BCUT2D eigenvalue weighted by atomic mass is 9.77. The Morgan fingerprint density at radius 1 is 0.455 bits per heavy atom. The fraction of sp³-hybridized carbons (Fsp3) is 1.00. The second-order valence-electron chi connectivity index (χ2n) is 10.1. The summed E-state index contributed by atoms with van der Waals surface area (Å²) in [6, 6.07) is 0. The molecule has 0 atom stereocenters. The number of ether oxygens (including phenoxy) is 2. The predicted molar refractivity (Wildman–Crippen MR) is 94.2 cm³/mol. The van der Waals surface area contributed by atoms with Crippen molar-refractivity contribution in [3.8, 4) is 0 Å². The van der Waals surface area contributed by atoms with Crippen LogP contribution in [0.1, 0.15) is 90.0 Å². The van der Waals surface area contributed by atoms with Crippen LogP contribution in [-0.4, -0.2) is 33.1 Å². The fourth-order valence-corrected chi connectivity index (χ4v) is 1.80. The van der Waals surface area contributed by atoms with Gasteiger partial charge in [-0.2, -0.15) is 0 Å². The number of aliphatic hydroxyl groups is 1. The van der Waals surface area contributed by atoms with E-state index in [0.29, 0.717) is 0 Å². The van der Waals surface area contributed by atoms with Crippen molar-refractivity contribution in [1.29, 1.82) is 0 Å². The van der Waals surface area contributed by atoms with Crippen LogP contribution in [0.25, 0.3) is 0 Å². The maximum absolute atomic E-state index is 10.4. The molecule has 0 aromatic rings. The van der Waals surface area contributed by atoms with Crippen molar-refractivity contribution in [3.63, 3.8) is 0 Å². The summed E-state index contributed by atoms with van der Waals surface area (Å²) in [5.74, 6) is 0. The van der Waals surface area contributed by atoms with Gasteiger partial charge in [-0.15, -0.1) is 0 Å². The van der Waals surface area contributed by atoms with E-state index in [1.54, 1.807) is 13.8 Å². The third-order valence-electron chi connectivity index (χ3n) is 5.75. The first kappa shape index (κ1) is 21.9. The van der Waals surface area contributed by atoms with Crippen LogP contribution in [0, 0.1) is 5.41 Å². The van der Waals surface area contributed by atoms with Gasteiger partial charge in [0.2, 0.25) is 0 Å². The molecule has 0 spiro atoms. The van der Waals surface area contributed by atoms with Crippen LogP contribution >= 0.6 is 0 Å². The molecule has 0 aromatic heterocycles. The summed E-state index contributed by atoms with van der Waals surface area (Å²) < 4.78 is 12.8. The summed E-state index contributed by atoms with van der Waals surface area (Å²) in [5.41, 5.74) is -3.03. The first-order chi connectivity index (χ1) is 9.16. The van der Waals surface area contributed by atoms with Gasteiger partial charge in [0.25, 0.3) is 0 Å². The Morgan fingerprint density at radius 3 is 0.955 bits per heavy atom. The van der Waals surface area contributed by atoms with Crippen LogP contribution < -0.4 is 0 Å². The molecule has 0 bridgehead atoms. The molecule has 0 aliphatic rings. The monoisotopic (exact) mass is 316 g/mol. The van der Waals surface area contributed by atoms with Gasteiger partial charge in [0.15, 0.2) is 0 Å². The summed E-state index contributed by atoms with van der Waals surface area (Å²) in [5, 5.41) is 10.4. The molecule has 0 aliphatic heterocycles. The molecule has 0 aromatic carbocycles. The lowest BCUT2D eigenvalue weighted by Crippen LogP contribution is -2.61. The molecule has 3 heteroatoms. The standard InChI is InChI=1S/C19H40O3/c1-14(2,3)16(6,7)21-18(10,11)19(12,13)22-17(8,9)15(4,5)20/h20H,1-13H3. The van der Waals surface area contributed by atoms with Crippen LogP contribution in [0.5, 0.6) is 0 Å². The Bertz CT molecular complexity index is 338. The summed E-state index contributed by atoms with van der Waals surface area (Å²) >= 11 is 0. The van der Waals surface area contributed by atoms with Crippen LogP contribution in [0.3, 0.4) is 0 Å². The van der Waals surface area contributed by atoms with Crippen molar-refractivity contribution >= 4 is 0 Å². The maximum Gasteiger partial charge on any atom is 0.0918 e. The number of hydrogen-bond donors (Lipinski definition) is 1. The van der Waals surface area contributed by atoms with Gasteiger partial charge < -0.3 is 14.6 Å². The quantitative estimate of drug-likeness (QED) is 0.753. The molecule has 0 rings (SSSR count). The molecule has 0 radical (unpaired) electrons. The van der Waals surface area contributed by atoms with E-state index < -0.39 is 22.4 Å². The van der Waals surface area contributed by atoms with E-state index >= 15 is 0 Å². The van der Waals surface area contributed by atoms with E-state index in [2.05, 4.69) is 48.5 Å². The van der Waals surface area contributed by atoms with Crippen molar-refractivity contribution in [2.24, 2.45) is 5.41 Å². The minimum absolute atomic E-state index is 0.00607. The third-order valence-corrected chi connectivity index (χ3v) is 5.75. The molecule has 0 aliphatic carbocycles. The summed E-state index contributed by atoms with van der Waals surface area (Å²) in [7, 11) is 0. The number of hydrogen-bond acceptors (Lipinski definition) is 3. The highest BCUT2D eigenvalue weighted by atomic mass is 16.6. The highest BCUT2D eigenvalue weighted by Gasteiger charge is 2.50. The zero-order valence-electron chi connectivity index (χ0n) is 17.3. The largest absolute Gasteiger partial charge is 0.387 e. The SMILES string of the molecule is CC(C)(C)C(C)(C)OC(C)(C)C(C)(C)OC(C)(C)C(C)(C)O. The zero-order chi connectivity index (χ0) is 18.4. The van der Waals surface area contributed by atoms with Gasteiger partial charge in [-0.25, -0.2) is 0 Å². The van der Waals surface area contributed by atoms with Crippen LogP contribution in [0.4, 0.5) is 0 Å². The van der Waals surface area contributed by atoms with E-state index in [4.69, 9.17) is 9.47 Å². The Morgan fingerprint density at radius 2 is 0.727 bits per heavy atom. The molecular weight excluding hydrogens is 276 g/mol. The lowest BCUT2D eigenvalue weighted by molar-refractivity contribution is -0.289. The lowest BCUT2D eigenvalue weighted by Gasteiger charge is -2.53. The van der Waals surface area contributed by atoms with E-state index in [0.717, 1.165) is 0 Å². The van der Waals surface area contributed by atoms with Gasteiger partial charge in [-0.3, -0.25) is 0 Å². The van der Waals surface area contributed by atoms with E-state index in [-0.39, 0.29) is 11.0 Å². The molecule has 0 heterocycles. The van der Waals surface area contributed by atoms with Gasteiger partial charge >= 0.3 is 0 Å². The fourth-order valence-electron chi connectivity index (χ4n) is 1.80. The maximum atomic E-state index is 10.4. The Balaban J connectivity index is 5.44. The minimum atomic E-state index is -0.945. The molecular formula is C19H40O3. The normalized spacial score (nSPS) is 16.1. The molecule has 22 heavy (non-hydrogen) atoms. The highest BCUT2D eigenvalue weighted by Crippen LogP contribution is 2.43. The van der Waals surface area contributed by atoms with Gasteiger partial charge in [0.1, 0.15) is 0 Å². The van der Waals surface area contributed by atoms with E-state index in [9.17, 15) is 5.11 Å². The summed E-state index contributed by atoms with van der Waals surface area (Å²) in [6.45, 7) is 26.3. The van der Waals surface area contributed by atoms with Gasteiger partial charge in [-0.1, -0.05) is 20.8 Å². The molecule has 0 amide bonds. The second kappa shape index (κ2) is 5.75. The summed E-state index contributed by atoms with van der Waals surface area (Å²) in [6.07, 6.45) is 0. The van der Waals surface area contributed by atoms with Crippen LogP contribution in [-0.2, 0) is 9.47 Å². The molecule has 3 nitrogen and oxygen atoms in total. The molecule has 0 saturated heterocycles. The Kier molecular flexibility index (Phi) is 5.72. The van der Waals surface area contributed by atoms with Crippen molar-refractivity contribution < 1.29 is 14.6 Å². The highest BCUT2D eigenvalue weighted by molar-refractivity contribution is 4.99.